The Labute approximate surface area is 204 Å². The minimum absolute atomic E-state index is 0.107. The van der Waals surface area contributed by atoms with E-state index in [1.807, 2.05) is 0 Å². The van der Waals surface area contributed by atoms with Crippen molar-refractivity contribution < 1.29 is 27.1 Å². The third-order valence-electron chi connectivity index (χ3n) is 4.55. The zero-order valence-electron chi connectivity index (χ0n) is 17.5. The van der Waals surface area contributed by atoms with E-state index in [0.29, 0.717) is 20.9 Å². The van der Waals surface area contributed by atoms with Gasteiger partial charge in [0.15, 0.2) is 11.5 Å². The summed E-state index contributed by atoms with van der Waals surface area (Å²) in [4.78, 5) is 12.6. The van der Waals surface area contributed by atoms with Crippen LogP contribution < -0.4 is 19.1 Å². The highest BCUT2D eigenvalue weighted by Gasteiger charge is 2.28. The molecule has 0 atom stereocenters. The lowest BCUT2D eigenvalue weighted by molar-refractivity contribution is -0.114. The topological polar surface area (TPSA) is 84.9 Å². The van der Waals surface area contributed by atoms with Crippen LogP contribution in [0.2, 0.25) is 5.02 Å². The quantitative estimate of drug-likeness (QED) is 0.417. The fourth-order valence-electron chi connectivity index (χ4n) is 2.93. The highest BCUT2D eigenvalue weighted by Crippen LogP contribution is 2.32. The lowest BCUT2D eigenvalue weighted by Crippen LogP contribution is -2.38. The second-order valence-corrected chi connectivity index (χ2v) is 9.81. The van der Waals surface area contributed by atoms with E-state index in [-0.39, 0.29) is 16.3 Å². The van der Waals surface area contributed by atoms with Crippen LogP contribution in [0, 0.1) is 5.82 Å². The van der Waals surface area contributed by atoms with Gasteiger partial charge in [-0.05, 0) is 70.5 Å². The third-order valence-corrected chi connectivity index (χ3v) is 7.55. The van der Waals surface area contributed by atoms with Gasteiger partial charge in [-0.15, -0.1) is 0 Å². The van der Waals surface area contributed by atoms with Crippen LogP contribution in [-0.2, 0) is 14.8 Å². The lowest BCUT2D eigenvalue weighted by atomic mass is 10.3. The first-order valence-corrected chi connectivity index (χ1v) is 12.0. The maximum absolute atomic E-state index is 13.5. The van der Waals surface area contributed by atoms with Gasteiger partial charge in [0.25, 0.3) is 10.0 Å². The zero-order valence-corrected chi connectivity index (χ0v) is 20.7. The number of nitrogens with zero attached hydrogens (tertiary/aromatic N) is 1. The minimum Gasteiger partial charge on any atom is -0.493 e. The molecular weight excluding hydrogens is 539 g/mol. The monoisotopic (exact) mass is 556 g/mol. The van der Waals surface area contributed by atoms with Gasteiger partial charge in [0.2, 0.25) is 5.91 Å². The minimum atomic E-state index is -4.25. The predicted molar refractivity (Wildman–Crippen MR) is 128 cm³/mol. The van der Waals surface area contributed by atoms with Crippen LogP contribution in [0.3, 0.4) is 0 Å². The largest absolute Gasteiger partial charge is 0.493 e. The van der Waals surface area contributed by atoms with Crippen molar-refractivity contribution in [2.24, 2.45) is 0 Å². The molecule has 0 unspecified atom stereocenters. The SMILES string of the molecule is COc1ccc(S(=O)(=O)N(CC(=O)Nc2ccc(Br)c(Cl)c2)c2ccc(F)cc2)cc1OC. The van der Waals surface area contributed by atoms with Crippen molar-refractivity contribution in [2.45, 2.75) is 4.90 Å². The summed E-state index contributed by atoms with van der Waals surface area (Å²) in [6.07, 6.45) is 0. The summed E-state index contributed by atoms with van der Waals surface area (Å²) in [5.41, 5.74) is 0.492. The molecule has 3 rings (SSSR count). The van der Waals surface area contributed by atoms with E-state index in [2.05, 4.69) is 21.2 Å². The Morgan fingerprint density at radius 3 is 2.30 bits per heavy atom. The first kappa shape index (κ1) is 24.8. The maximum atomic E-state index is 13.5. The predicted octanol–water partition coefficient (Wildman–Crippen LogP) is 5.09. The second kappa shape index (κ2) is 10.4. The molecule has 0 saturated carbocycles. The van der Waals surface area contributed by atoms with Crippen LogP contribution in [0.15, 0.2) is 70.0 Å². The Kier molecular flexibility index (Phi) is 7.83. The van der Waals surface area contributed by atoms with Crippen LogP contribution in [0.1, 0.15) is 0 Å². The highest BCUT2D eigenvalue weighted by atomic mass is 79.9. The number of benzene rings is 3. The van der Waals surface area contributed by atoms with Crippen molar-refractivity contribution in [3.8, 4) is 11.5 Å². The van der Waals surface area contributed by atoms with E-state index in [9.17, 15) is 17.6 Å². The fourth-order valence-corrected chi connectivity index (χ4v) is 4.80. The Morgan fingerprint density at radius 1 is 1.03 bits per heavy atom. The Morgan fingerprint density at radius 2 is 1.70 bits per heavy atom. The first-order chi connectivity index (χ1) is 15.6. The molecule has 1 N–H and O–H groups in total. The van der Waals surface area contributed by atoms with Gasteiger partial charge < -0.3 is 14.8 Å². The van der Waals surface area contributed by atoms with Gasteiger partial charge in [0, 0.05) is 16.2 Å². The van der Waals surface area contributed by atoms with E-state index in [1.54, 1.807) is 12.1 Å². The second-order valence-electron chi connectivity index (χ2n) is 6.68. The summed E-state index contributed by atoms with van der Waals surface area (Å²) in [5, 5.41) is 2.99. The van der Waals surface area contributed by atoms with E-state index in [1.165, 1.54) is 50.6 Å². The molecule has 11 heteroatoms. The first-order valence-electron chi connectivity index (χ1n) is 9.41. The summed E-state index contributed by atoms with van der Waals surface area (Å²) in [7, 11) is -1.44. The van der Waals surface area contributed by atoms with E-state index in [4.69, 9.17) is 21.1 Å². The molecule has 0 aliphatic heterocycles. The molecule has 0 aliphatic carbocycles. The number of halogens is 3. The van der Waals surface area contributed by atoms with E-state index in [0.717, 1.165) is 16.4 Å². The molecule has 0 aromatic heterocycles. The molecule has 7 nitrogen and oxygen atoms in total. The van der Waals surface area contributed by atoms with Gasteiger partial charge in [-0.2, -0.15) is 0 Å². The number of hydrogen-bond donors (Lipinski definition) is 1. The van der Waals surface area contributed by atoms with Crippen LogP contribution in [0.5, 0.6) is 11.5 Å². The zero-order chi connectivity index (χ0) is 24.2. The molecule has 33 heavy (non-hydrogen) atoms. The molecule has 174 valence electrons. The van der Waals surface area contributed by atoms with Crippen LogP contribution in [0.25, 0.3) is 0 Å². The number of amides is 1. The molecule has 0 aliphatic rings. The molecule has 0 spiro atoms. The number of nitrogens with one attached hydrogen (secondary N) is 1. The molecule has 0 radical (unpaired) electrons. The summed E-state index contributed by atoms with van der Waals surface area (Å²) in [6, 6.07) is 13.6. The average molecular weight is 558 g/mol. The Balaban J connectivity index is 1.98. The van der Waals surface area contributed by atoms with Gasteiger partial charge in [0.1, 0.15) is 12.4 Å². The number of anilines is 2. The maximum Gasteiger partial charge on any atom is 0.264 e. The molecule has 3 aromatic rings. The number of methoxy groups -OCH3 is 2. The number of rotatable bonds is 8. The van der Waals surface area contributed by atoms with Crippen molar-refractivity contribution in [3.05, 3.63) is 76.0 Å². The van der Waals surface area contributed by atoms with Crippen LogP contribution in [0.4, 0.5) is 15.8 Å². The average Bonchev–Trinajstić information content (AvgIpc) is 2.80. The molecule has 0 fully saturated rings. The fraction of sp³-hybridized carbons (Fsp3) is 0.136. The normalized spacial score (nSPS) is 11.1. The third kappa shape index (κ3) is 5.76. The van der Waals surface area contributed by atoms with E-state index >= 15 is 0 Å². The number of hydrogen-bond acceptors (Lipinski definition) is 5. The number of ether oxygens (including phenoxy) is 2. The Hall–Kier alpha value is -2.82. The van der Waals surface area contributed by atoms with Gasteiger partial charge in [-0.3, -0.25) is 9.10 Å². The number of carbonyl (C=O) groups is 1. The smallest absolute Gasteiger partial charge is 0.264 e. The van der Waals surface area contributed by atoms with E-state index < -0.39 is 28.3 Å². The molecular formula is C22H19BrClFN2O5S. The van der Waals surface area contributed by atoms with Crippen molar-refractivity contribution in [1.82, 2.24) is 0 Å². The molecule has 1 amide bonds. The van der Waals surface area contributed by atoms with Crippen molar-refractivity contribution >= 4 is 54.8 Å². The van der Waals surface area contributed by atoms with Crippen molar-refractivity contribution in [1.29, 1.82) is 0 Å². The van der Waals surface area contributed by atoms with Gasteiger partial charge in [0.05, 0.1) is 29.8 Å². The van der Waals surface area contributed by atoms with Gasteiger partial charge in [-0.1, -0.05) is 11.6 Å². The van der Waals surface area contributed by atoms with Crippen LogP contribution in [-0.4, -0.2) is 35.1 Å². The van der Waals surface area contributed by atoms with Gasteiger partial charge in [-0.25, -0.2) is 12.8 Å². The van der Waals surface area contributed by atoms with Crippen molar-refractivity contribution in [3.63, 3.8) is 0 Å². The molecule has 0 heterocycles. The summed E-state index contributed by atoms with van der Waals surface area (Å²) >= 11 is 9.32. The number of carbonyl (C=O) groups excluding carboxylic acids is 1. The summed E-state index contributed by atoms with van der Waals surface area (Å²) in [5.74, 6) is -0.626. The number of sulfonamides is 1. The molecule has 3 aromatic carbocycles. The standard InChI is InChI=1S/C22H19BrClFN2O5S/c1-31-20-10-8-17(12-21(20)32-2)33(29,30)27(16-6-3-14(25)4-7-16)13-22(28)26-15-5-9-18(23)19(24)11-15/h3-12H,13H2,1-2H3,(H,26,28). The Bertz CT molecular complexity index is 1270. The summed E-state index contributed by atoms with van der Waals surface area (Å²) in [6.45, 7) is -0.573. The van der Waals surface area contributed by atoms with Gasteiger partial charge >= 0.3 is 0 Å². The molecule has 0 bridgehead atoms. The van der Waals surface area contributed by atoms with Crippen molar-refractivity contribution in [2.75, 3.05) is 30.4 Å². The highest BCUT2D eigenvalue weighted by molar-refractivity contribution is 9.10. The van der Waals surface area contributed by atoms with Crippen LogP contribution >= 0.6 is 27.5 Å². The lowest BCUT2D eigenvalue weighted by Gasteiger charge is -2.24. The molecule has 0 saturated heterocycles. The summed E-state index contributed by atoms with van der Waals surface area (Å²) < 4.78 is 52.4.